The summed E-state index contributed by atoms with van der Waals surface area (Å²) in [5.74, 6) is -2.61. The van der Waals surface area contributed by atoms with E-state index in [9.17, 15) is 14.4 Å². The standard InChI is InChI=1S/C23H28BrClN2O6/c1-2-32-22(31)16-17-21(30)27(10-4-3-5-11-28)19(23(17)12-15(24)18(16)33-23)20(29)26-14-8-6-13(25)7-9-14/h6-9,15-19,28H,2-5,10-12H2,1H3,(H,26,29)/t15?,16-,17+,18-,19-,23+/m0/s1. The van der Waals surface area contributed by atoms with Crippen LogP contribution in [0.25, 0.3) is 0 Å². The monoisotopic (exact) mass is 542 g/mol. The van der Waals surface area contributed by atoms with Gasteiger partial charge in [-0.3, -0.25) is 14.4 Å². The zero-order valence-corrected chi connectivity index (χ0v) is 20.7. The quantitative estimate of drug-likeness (QED) is 0.282. The Labute approximate surface area is 206 Å². The molecule has 2 bridgehead atoms. The minimum absolute atomic E-state index is 0.0714. The Bertz CT molecular complexity index is 915. The average Bonchev–Trinajstić information content (AvgIpc) is 3.36. The van der Waals surface area contributed by atoms with Crippen LogP contribution in [0.3, 0.4) is 0 Å². The molecule has 3 heterocycles. The second-order valence-electron chi connectivity index (χ2n) is 8.73. The first kappa shape index (κ1) is 24.4. The molecule has 33 heavy (non-hydrogen) atoms. The number of rotatable bonds is 9. The van der Waals surface area contributed by atoms with Gasteiger partial charge in [-0.2, -0.15) is 0 Å². The number of esters is 1. The van der Waals surface area contributed by atoms with E-state index in [-0.39, 0.29) is 29.9 Å². The van der Waals surface area contributed by atoms with E-state index < -0.39 is 35.6 Å². The van der Waals surface area contributed by atoms with Gasteiger partial charge in [0.1, 0.15) is 11.6 Å². The molecule has 0 aromatic heterocycles. The number of fused-ring (bicyclic) bond motifs is 1. The normalized spacial score (nSPS) is 32.2. The molecule has 1 aromatic rings. The molecule has 0 radical (unpaired) electrons. The SMILES string of the molecule is CCOC(=O)[C@@H]1[C@H]2O[C@@]3(CC2Br)[C@H](C(=O)Nc2ccc(Cl)cc2)N(CCCCCO)C(=O)[C@@H]13. The van der Waals surface area contributed by atoms with E-state index >= 15 is 0 Å². The fraction of sp³-hybridized carbons (Fsp3) is 0.609. The summed E-state index contributed by atoms with van der Waals surface area (Å²) in [5.41, 5.74) is -0.553. The van der Waals surface area contributed by atoms with Crippen LogP contribution in [0.4, 0.5) is 5.69 Å². The van der Waals surface area contributed by atoms with Crippen molar-refractivity contribution in [3.05, 3.63) is 29.3 Å². The van der Waals surface area contributed by atoms with Crippen LogP contribution in [0.5, 0.6) is 0 Å². The number of unbranched alkanes of at least 4 members (excludes halogenated alkanes) is 2. The molecule has 10 heteroatoms. The highest BCUT2D eigenvalue weighted by molar-refractivity contribution is 9.09. The number of benzene rings is 1. The van der Waals surface area contributed by atoms with Gasteiger partial charge < -0.3 is 24.8 Å². The van der Waals surface area contributed by atoms with Crippen LogP contribution in [0.2, 0.25) is 5.02 Å². The predicted octanol–water partition coefficient (Wildman–Crippen LogP) is 2.75. The molecule has 3 fully saturated rings. The minimum atomic E-state index is -1.11. The van der Waals surface area contributed by atoms with Crippen LogP contribution in [0, 0.1) is 11.8 Å². The second kappa shape index (κ2) is 9.90. The predicted molar refractivity (Wildman–Crippen MR) is 125 cm³/mol. The van der Waals surface area contributed by atoms with Gasteiger partial charge in [-0.15, -0.1) is 0 Å². The Morgan fingerprint density at radius 3 is 2.70 bits per heavy atom. The van der Waals surface area contributed by atoms with E-state index in [0.717, 1.165) is 6.42 Å². The number of ether oxygens (including phenoxy) is 2. The number of alkyl halides is 1. The first-order valence-electron chi connectivity index (χ1n) is 11.3. The highest BCUT2D eigenvalue weighted by atomic mass is 79.9. The van der Waals surface area contributed by atoms with Crippen molar-refractivity contribution in [3.63, 3.8) is 0 Å². The maximum atomic E-state index is 13.6. The van der Waals surface area contributed by atoms with Gasteiger partial charge in [0, 0.05) is 28.7 Å². The van der Waals surface area contributed by atoms with Crippen molar-refractivity contribution in [1.29, 1.82) is 0 Å². The van der Waals surface area contributed by atoms with E-state index in [0.29, 0.717) is 36.5 Å². The summed E-state index contributed by atoms with van der Waals surface area (Å²) in [6, 6.07) is 5.85. The number of nitrogens with zero attached hydrogens (tertiary/aromatic N) is 1. The lowest BCUT2D eigenvalue weighted by Crippen LogP contribution is -2.54. The molecule has 3 saturated heterocycles. The summed E-state index contributed by atoms with van der Waals surface area (Å²) in [5, 5.41) is 12.5. The van der Waals surface area contributed by atoms with Crippen LogP contribution in [-0.4, -0.2) is 70.1 Å². The second-order valence-corrected chi connectivity index (χ2v) is 10.3. The zero-order valence-electron chi connectivity index (χ0n) is 18.3. The van der Waals surface area contributed by atoms with Crippen LogP contribution in [0.15, 0.2) is 24.3 Å². The van der Waals surface area contributed by atoms with E-state index in [2.05, 4.69) is 21.2 Å². The summed E-state index contributed by atoms with van der Waals surface area (Å²) in [6.45, 7) is 2.34. The van der Waals surface area contributed by atoms with Crippen molar-refractivity contribution in [2.75, 3.05) is 25.1 Å². The third-order valence-corrected chi connectivity index (χ3v) is 7.86. The number of hydrogen-bond donors (Lipinski definition) is 2. The lowest BCUT2D eigenvalue weighted by atomic mass is 9.70. The van der Waals surface area contributed by atoms with Crippen molar-refractivity contribution >= 4 is 51.0 Å². The van der Waals surface area contributed by atoms with Crippen molar-refractivity contribution in [2.45, 2.75) is 55.2 Å². The molecule has 8 nitrogen and oxygen atoms in total. The maximum Gasteiger partial charge on any atom is 0.312 e. The lowest BCUT2D eigenvalue weighted by Gasteiger charge is -2.34. The molecule has 180 valence electrons. The molecule has 1 unspecified atom stereocenters. The molecule has 2 amide bonds. The lowest BCUT2D eigenvalue weighted by molar-refractivity contribution is -0.154. The Morgan fingerprint density at radius 1 is 1.30 bits per heavy atom. The molecule has 0 aliphatic carbocycles. The summed E-state index contributed by atoms with van der Waals surface area (Å²) in [7, 11) is 0. The molecule has 4 rings (SSSR count). The first-order chi connectivity index (χ1) is 15.8. The minimum Gasteiger partial charge on any atom is -0.466 e. The van der Waals surface area contributed by atoms with Gasteiger partial charge in [-0.05, 0) is 56.9 Å². The van der Waals surface area contributed by atoms with E-state index in [1.807, 2.05) is 0 Å². The number of aliphatic hydroxyl groups is 1. The number of likely N-dealkylation sites (tertiary alicyclic amines) is 1. The molecule has 1 aromatic carbocycles. The van der Waals surface area contributed by atoms with Crippen molar-refractivity contribution in [2.24, 2.45) is 11.8 Å². The Balaban J connectivity index is 1.66. The van der Waals surface area contributed by atoms with Gasteiger partial charge in [0.25, 0.3) is 0 Å². The number of halogens is 2. The summed E-state index contributed by atoms with van der Waals surface area (Å²) in [4.78, 5) is 41.5. The zero-order chi connectivity index (χ0) is 23.8. The van der Waals surface area contributed by atoms with Crippen molar-refractivity contribution in [1.82, 2.24) is 4.90 Å². The maximum absolute atomic E-state index is 13.6. The fourth-order valence-corrected chi connectivity index (χ4v) is 6.56. The van der Waals surface area contributed by atoms with Crippen LogP contribution in [-0.2, 0) is 23.9 Å². The van der Waals surface area contributed by atoms with Crippen LogP contribution < -0.4 is 5.32 Å². The van der Waals surface area contributed by atoms with Crippen LogP contribution >= 0.6 is 27.5 Å². The topological polar surface area (TPSA) is 105 Å². The third kappa shape index (κ3) is 4.29. The fourth-order valence-electron chi connectivity index (χ4n) is 5.49. The molecule has 2 N–H and O–H groups in total. The largest absolute Gasteiger partial charge is 0.466 e. The molecule has 6 atom stereocenters. The van der Waals surface area contributed by atoms with E-state index in [1.165, 1.54) is 0 Å². The summed E-state index contributed by atoms with van der Waals surface area (Å²) < 4.78 is 11.6. The first-order valence-corrected chi connectivity index (χ1v) is 12.6. The number of nitrogens with one attached hydrogen (secondary N) is 1. The molecule has 3 aliphatic heterocycles. The molecule has 0 saturated carbocycles. The number of anilines is 1. The average molecular weight is 544 g/mol. The van der Waals surface area contributed by atoms with Gasteiger partial charge in [-0.1, -0.05) is 27.5 Å². The number of amides is 2. The van der Waals surface area contributed by atoms with Gasteiger partial charge in [-0.25, -0.2) is 0 Å². The van der Waals surface area contributed by atoms with Gasteiger partial charge in [0.15, 0.2) is 0 Å². The van der Waals surface area contributed by atoms with Gasteiger partial charge >= 0.3 is 5.97 Å². The van der Waals surface area contributed by atoms with Crippen molar-refractivity contribution in [3.8, 4) is 0 Å². The molecular formula is C23H28BrClN2O6. The Kier molecular flexibility index (Phi) is 7.33. The van der Waals surface area contributed by atoms with E-state index in [1.54, 1.807) is 36.1 Å². The van der Waals surface area contributed by atoms with E-state index in [4.69, 9.17) is 26.2 Å². The third-order valence-electron chi connectivity index (χ3n) is 6.77. The number of aliphatic hydroxyl groups excluding tert-OH is 1. The molecule has 3 aliphatic rings. The van der Waals surface area contributed by atoms with Gasteiger partial charge in [0.05, 0.1) is 24.5 Å². The highest BCUT2D eigenvalue weighted by Crippen LogP contribution is 2.60. The van der Waals surface area contributed by atoms with Crippen LogP contribution in [0.1, 0.15) is 32.6 Å². The number of carbonyl (C=O) groups excluding carboxylic acids is 3. The number of carbonyl (C=O) groups is 3. The Hall–Kier alpha value is -1.68. The highest BCUT2D eigenvalue weighted by Gasteiger charge is 2.76. The van der Waals surface area contributed by atoms with Gasteiger partial charge in [0.2, 0.25) is 11.8 Å². The Morgan fingerprint density at radius 2 is 2.03 bits per heavy atom. The molecular weight excluding hydrogens is 516 g/mol. The molecule has 1 spiro atoms. The smallest absolute Gasteiger partial charge is 0.312 e. The van der Waals surface area contributed by atoms with Crippen molar-refractivity contribution < 1.29 is 29.0 Å². The number of hydrogen-bond acceptors (Lipinski definition) is 6. The summed E-state index contributed by atoms with van der Waals surface area (Å²) >= 11 is 9.57. The summed E-state index contributed by atoms with van der Waals surface area (Å²) in [6.07, 6.45) is 1.88.